The third kappa shape index (κ3) is 9.69. The molecular formula is C20H39N3O3Si. The van der Waals surface area contributed by atoms with Crippen LogP contribution in [-0.2, 0) is 13.3 Å². The summed E-state index contributed by atoms with van der Waals surface area (Å²) in [6.07, 6.45) is 2.79. The van der Waals surface area contributed by atoms with E-state index in [0.717, 1.165) is 38.4 Å². The molecule has 0 aliphatic rings. The van der Waals surface area contributed by atoms with Gasteiger partial charge >= 0.3 is 8.80 Å². The van der Waals surface area contributed by atoms with E-state index in [2.05, 4.69) is 29.2 Å². The molecule has 0 saturated carbocycles. The van der Waals surface area contributed by atoms with E-state index in [1.54, 1.807) is 7.11 Å². The quantitative estimate of drug-likeness (QED) is 0.371. The third-order valence-corrected chi connectivity index (χ3v) is 7.28. The molecule has 1 aromatic rings. The summed E-state index contributed by atoms with van der Waals surface area (Å²) in [4.78, 5) is 2.31. The predicted molar refractivity (Wildman–Crippen MR) is 115 cm³/mol. The molecule has 1 atom stereocenters. The van der Waals surface area contributed by atoms with Gasteiger partial charge in [-0.2, -0.15) is 0 Å². The minimum atomic E-state index is -2.74. The van der Waals surface area contributed by atoms with Gasteiger partial charge in [-0.3, -0.25) is 0 Å². The van der Waals surface area contributed by atoms with Gasteiger partial charge in [0, 0.05) is 45.1 Å². The molecule has 0 heterocycles. The Hall–Kier alpha value is -0.963. The second-order valence-corrected chi connectivity index (χ2v) is 10.4. The highest BCUT2D eigenvalue weighted by Crippen LogP contribution is 2.25. The molecule has 1 unspecified atom stereocenters. The van der Waals surface area contributed by atoms with Crippen LogP contribution in [0.15, 0.2) is 30.3 Å². The van der Waals surface area contributed by atoms with E-state index in [9.17, 15) is 0 Å². The van der Waals surface area contributed by atoms with Crippen LogP contribution in [0.1, 0.15) is 40.0 Å². The van der Waals surface area contributed by atoms with Crippen molar-refractivity contribution in [3.63, 3.8) is 0 Å². The molecule has 0 aliphatic heterocycles. The molecule has 6 nitrogen and oxygen atoms in total. The first-order valence-electron chi connectivity index (χ1n) is 9.95. The number of anilines is 1. The Bertz CT molecular complexity index is 499. The second-order valence-electron chi connectivity index (χ2n) is 7.66. The van der Waals surface area contributed by atoms with Crippen LogP contribution in [0, 0.1) is 0 Å². The van der Waals surface area contributed by atoms with E-state index >= 15 is 0 Å². The van der Waals surface area contributed by atoms with Gasteiger partial charge in [0.05, 0.1) is 5.60 Å². The summed E-state index contributed by atoms with van der Waals surface area (Å²) >= 11 is 0. The van der Waals surface area contributed by atoms with Crippen molar-refractivity contribution in [3.05, 3.63) is 30.3 Å². The van der Waals surface area contributed by atoms with Gasteiger partial charge in [0.2, 0.25) is 0 Å². The van der Waals surface area contributed by atoms with Gasteiger partial charge in [-0.05, 0) is 58.7 Å². The summed E-state index contributed by atoms with van der Waals surface area (Å²) in [6, 6.07) is 11.1. The number of rotatable bonds is 14. The van der Waals surface area contributed by atoms with E-state index in [4.69, 9.17) is 24.7 Å². The molecule has 1 rings (SSSR count). The Morgan fingerprint density at radius 2 is 1.67 bits per heavy atom. The molecule has 27 heavy (non-hydrogen) atoms. The van der Waals surface area contributed by atoms with Crippen molar-refractivity contribution in [1.82, 2.24) is 0 Å². The number of benzene rings is 1. The van der Waals surface area contributed by atoms with Crippen molar-refractivity contribution in [2.75, 3.05) is 44.8 Å². The van der Waals surface area contributed by atoms with Crippen LogP contribution in [0.3, 0.4) is 0 Å². The molecule has 0 aliphatic carbocycles. The molecule has 0 saturated heterocycles. The van der Waals surface area contributed by atoms with E-state index < -0.39 is 8.80 Å². The fourth-order valence-electron chi connectivity index (χ4n) is 2.95. The Morgan fingerprint density at radius 1 is 0.963 bits per heavy atom. The minimum absolute atomic E-state index is 0.313. The molecule has 0 fully saturated rings. The van der Waals surface area contributed by atoms with Crippen LogP contribution in [0.2, 0.25) is 6.04 Å². The topological polar surface area (TPSA) is 83.0 Å². The average Bonchev–Trinajstić information content (AvgIpc) is 2.64. The van der Waals surface area contributed by atoms with Gasteiger partial charge in [-0.15, -0.1) is 0 Å². The zero-order valence-corrected chi connectivity index (χ0v) is 18.6. The number of para-hydroxylation sites is 1. The lowest BCUT2D eigenvalue weighted by Gasteiger charge is -2.35. The van der Waals surface area contributed by atoms with Crippen molar-refractivity contribution in [1.29, 1.82) is 0 Å². The van der Waals surface area contributed by atoms with Crippen molar-refractivity contribution >= 4 is 14.5 Å². The Balaban J connectivity index is 2.72. The molecule has 0 aromatic heterocycles. The van der Waals surface area contributed by atoms with Crippen molar-refractivity contribution < 1.29 is 13.3 Å². The summed E-state index contributed by atoms with van der Waals surface area (Å²) in [5.74, 6) is 0. The highest BCUT2D eigenvalue weighted by Gasteiger charge is 2.43. The van der Waals surface area contributed by atoms with Crippen LogP contribution in [0.5, 0.6) is 0 Å². The first-order valence-corrected chi connectivity index (χ1v) is 11.9. The molecule has 1 aromatic carbocycles. The van der Waals surface area contributed by atoms with Gasteiger partial charge in [-0.25, -0.2) is 0 Å². The Labute approximate surface area is 166 Å². The number of hydrogen-bond acceptors (Lipinski definition) is 6. The van der Waals surface area contributed by atoms with Crippen LogP contribution in [0.25, 0.3) is 0 Å². The highest BCUT2D eigenvalue weighted by molar-refractivity contribution is 6.60. The van der Waals surface area contributed by atoms with Gasteiger partial charge in [0.15, 0.2) is 0 Å². The first kappa shape index (κ1) is 24.1. The molecule has 0 radical (unpaired) electrons. The van der Waals surface area contributed by atoms with E-state index in [-0.39, 0.29) is 5.60 Å². The SMILES string of the molecule is CO[Si](CCCN(CCN)c1ccccc1)(OCCCCN)OC(C)(C)C. The summed E-state index contributed by atoms with van der Waals surface area (Å²) in [6.45, 7) is 9.76. The third-order valence-electron chi connectivity index (χ3n) is 4.12. The fourth-order valence-corrected chi connectivity index (χ4v) is 5.64. The zero-order chi connectivity index (χ0) is 20.2. The van der Waals surface area contributed by atoms with Crippen molar-refractivity contribution in [2.45, 2.75) is 51.7 Å². The lowest BCUT2D eigenvalue weighted by Crippen LogP contribution is -2.50. The van der Waals surface area contributed by atoms with E-state index in [1.807, 2.05) is 26.8 Å². The normalized spacial score (nSPS) is 14.1. The molecule has 0 spiro atoms. The van der Waals surface area contributed by atoms with E-state index in [0.29, 0.717) is 19.7 Å². The largest absolute Gasteiger partial charge is 0.501 e. The van der Waals surface area contributed by atoms with Crippen molar-refractivity contribution in [2.24, 2.45) is 11.5 Å². The molecular weight excluding hydrogens is 358 g/mol. The summed E-state index contributed by atoms with van der Waals surface area (Å²) in [5, 5.41) is 0. The number of hydrogen-bond donors (Lipinski definition) is 2. The maximum atomic E-state index is 6.32. The van der Waals surface area contributed by atoms with Crippen LogP contribution < -0.4 is 16.4 Å². The van der Waals surface area contributed by atoms with E-state index in [1.165, 1.54) is 5.69 Å². The highest BCUT2D eigenvalue weighted by atomic mass is 28.4. The number of nitrogens with two attached hydrogens (primary N) is 2. The molecule has 0 bridgehead atoms. The van der Waals surface area contributed by atoms with Crippen LogP contribution in [0.4, 0.5) is 5.69 Å². The Morgan fingerprint density at radius 3 is 2.22 bits per heavy atom. The maximum absolute atomic E-state index is 6.32. The van der Waals surface area contributed by atoms with Crippen LogP contribution >= 0.6 is 0 Å². The van der Waals surface area contributed by atoms with Gasteiger partial charge < -0.3 is 29.6 Å². The predicted octanol–water partition coefficient (Wildman–Crippen LogP) is 3.00. The van der Waals surface area contributed by atoms with Gasteiger partial charge in [0.25, 0.3) is 0 Å². The van der Waals surface area contributed by atoms with Gasteiger partial charge in [-0.1, -0.05) is 18.2 Å². The smallest absolute Gasteiger partial charge is 0.377 e. The van der Waals surface area contributed by atoms with Crippen molar-refractivity contribution in [3.8, 4) is 0 Å². The maximum Gasteiger partial charge on any atom is 0.501 e. The average molecular weight is 398 g/mol. The lowest BCUT2D eigenvalue weighted by molar-refractivity contribution is 0.00484. The molecule has 7 heteroatoms. The number of unbranched alkanes of at least 4 members (excludes halogenated alkanes) is 1. The minimum Gasteiger partial charge on any atom is -0.377 e. The van der Waals surface area contributed by atoms with Gasteiger partial charge in [0.1, 0.15) is 0 Å². The standard InChI is InChI=1S/C20H39N3O3Si/c1-20(2,3)26-27(24-4,25-17-9-8-13-21)18-10-15-23(16-14-22)19-11-6-5-7-12-19/h5-7,11-12H,8-10,13-18,21-22H2,1-4H3. The fraction of sp³-hybridized carbons (Fsp3) is 0.700. The second kappa shape index (κ2) is 12.5. The summed E-state index contributed by atoms with van der Waals surface area (Å²) in [7, 11) is -1.04. The molecule has 156 valence electrons. The summed E-state index contributed by atoms with van der Waals surface area (Å²) < 4.78 is 18.4. The number of nitrogens with zero attached hydrogens (tertiary/aromatic N) is 1. The molecule has 0 amide bonds. The lowest BCUT2D eigenvalue weighted by atomic mass is 10.2. The summed E-state index contributed by atoms with van der Waals surface area (Å²) in [5.41, 5.74) is 12.3. The Kier molecular flexibility index (Phi) is 11.1. The monoisotopic (exact) mass is 397 g/mol. The molecule has 4 N–H and O–H groups in total. The first-order chi connectivity index (χ1) is 12.9. The zero-order valence-electron chi connectivity index (χ0n) is 17.6. The van der Waals surface area contributed by atoms with Crippen LogP contribution in [-0.4, -0.2) is 54.3 Å².